The average Bonchev–Trinajstić information content (AvgIpc) is 3.01. The molecular formula is C16H30. The monoisotopic (exact) mass is 222 g/mol. The van der Waals surface area contributed by atoms with Crippen molar-refractivity contribution in [1.82, 2.24) is 0 Å². The van der Waals surface area contributed by atoms with Gasteiger partial charge in [0.05, 0.1) is 0 Å². The maximum absolute atomic E-state index is 4.16. The number of hydrogen-bond acceptors (Lipinski definition) is 0. The van der Waals surface area contributed by atoms with E-state index < -0.39 is 0 Å². The summed E-state index contributed by atoms with van der Waals surface area (Å²) in [6, 6.07) is 0. The molecular weight excluding hydrogens is 192 g/mol. The smallest absolute Gasteiger partial charge is 0.0320 e. The second-order valence-corrected chi connectivity index (χ2v) is 5.64. The van der Waals surface area contributed by atoms with Crippen LogP contribution in [0.2, 0.25) is 0 Å². The first kappa shape index (κ1) is 13.8. The third-order valence-electron chi connectivity index (χ3n) is 3.97. The van der Waals surface area contributed by atoms with Crippen LogP contribution in [0.25, 0.3) is 0 Å². The molecule has 0 aromatic heterocycles. The number of unbranched alkanes of at least 4 members (excludes halogenated alkanes) is 3. The summed E-state index contributed by atoms with van der Waals surface area (Å²) >= 11 is 0. The molecule has 0 radical (unpaired) electrons. The van der Waals surface area contributed by atoms with Gasteiger partial charge in [-0.25, -0.2) is 0 Å². The molecule has 0 N–H and O–H groups in total. The van der Waals surface area contributed by atoms with Gasteiger partial charge in [-0.3, -0.25) is 0 Å². The minimum Gasteiger partial charge on any atom is -0.0999 e. The molecule has 0 bridgehead atoms. The van der Waals surface area contributed by atoms with Gasteiger partial charge in [0.25, 0.3) is 0 Å². The lowest BCUT2D eigenvalue weighted by molar-refractivity contribution is 0.550. The van der Waals surface area contributed by atoms with Crippen LogP contribution >= 0.6 is 0 Å². The van der Waals surface area contributed by atoms with Gasteiger partial charge in [0.2, 0.25) is 0 Å². The van der Waals surface area contributed by atoms with E-state index in [2.05, 4.69) is 20.4 Å². The van der Waals surface area contributed by atoms with Crippen molar-refractivity contribution in [3.05, 3.63) is 12.2 Å². The maximum atomic E-state index is 4.16. The van der Waals surface area contributed by atoms with E-state index in [1.54, 1.807) is 0 Å². The molecule has 1 rings (SSSR count). The molecule has 0 nitrogen and oxygen atoms in total. The van der Waals surface area contributed by atoms with Crippen molar-refractivity contribution in [3.8, 4) is 0 Å². The normalized spacial score (nSPS) is 23.4. The van der Waals surface area contributed by atoms with Crippen LogP contribution in [0.4, 0.5) is 0 Å². The molecule has 1 aliphatic carbocycles. The summed E-state index contributed by atoms with van der Waals surface area (Å²) in [7, 11) is 0. The summed E-state index contributed by atoms with van der Waals surface area (Å²) in [5, 5.41) is 0. The zero-order valence-corrected chi connectivity index (χ0v) is 11.4. The van der Waals surface area contributed by atoms with Crippen molar-refractivity contribution in [2.75, 3.05) is 0 Å². The molecule has 16 heavy (non-hydrogen) atoms. The lowest BCUT2D eigenvalue weighted by Crippen LogP contribution is -1.87. The topological polar surface area (TPSA) is 0 Å². The first-order chi connectivity index (χ1) is 7.77. The molecule has 0 aromatic carbocycles. The highest BCUT2D eigenvalue weighted by atomic mass is 14.4. The molecule has 1 fully saturated rings. The Morgan fingerprint density at radius 3 is 2.38 bits per heavy atom. The van der Waals surface area contributed by atoms with E-state index in [1.165, 1.54) is 69.8 Å². The molecule has 0 saturated heterocycles. The number of hydrogen-bond donors (Lipinski definition) is 0. The molecule has 0 heteroatoms. The predicted molar refractivity (Wildman–Crippen MR) is 73.6 cm³/mol. The summed E-state index contributed by atoms with van der Waals surface area (Å²) in [6.45, 7) is 8.70. The Balaban J connectivity index is 1.92. The molecule has 0 amide bonds. The fraction of sp³-hybridized carbons (Fsp3) is 0.875. The van der Waals surface area contributed by atoms with Gasteiger partial charge in [-0.1, -0.05) is 64.5 Å². The van der Waals surface area contributed by atoms with Crippen LogP contribution in [0, 0.1) is 11.8 Å². The minimum absolute atomic E-state index is 1.07. The maximum Gasteiger partial charge on any atom is -0.0320 e. The van der Waals surface area contributed by atoms with Crippen LogP contribution in [0.15, 0.2) is 12.2 Å². The molecule has 2 atom stereocenters. The van der Waals surface area contributed by atoms with Gasteiger partial charge in [0, 0.05) is 0 Å². The largest absolute Gasteiger partial charge is 0.0999 e. The number of rotatable bonds is 10. The van der Waals surface area contributed by atoms with E-state index >= 15 is 0 Å². The van der Waals surface area contributed by atoms with Gasteiger partial charge in [-0.15, -0.1) is 0 Å². The quantitative estimate of drug-likeness (QED) is 0.327. The highest BCUT2D eigenvalue weighted by Crippen LogP contribution is 2.46. The molecule has 0 aromatic rings. The highest BCUT2D eigenvalue weighted by molar-refractivity contribution is 4.96. The van der Waals surface area contributed by atoms with Crippen molar-refractivity contribution >= 4 is 0 Å². The first-order valence-electron chi connectivity index (χ1n) is 7.44. The van der Waals surface area contributed by atoms with E-state index in [4.69, 9.17) is 0 Å². The van der Waals surface area contributed by atoms with Crippen molar-refractivity contribution in [3.63, 3.8) is 0 Å². The van der Waals surface area contributed by atoms with E-state index in [0.29, 0.717) is 0 Å². The van der Waals surface area contributed by atoms with Crippen molar-refractivity contribution in [1.29, 1.82) is 0 Å². The minimum atomic E-state index is 1.07. The lowest BCUT2D eigenvalue weighted by Gasteiger charge is -2.03. The van der Waals surface area contributed by atoms with E-state index in [0.717, 1.165) is 11.8 Å². The van der Waals surface area contributed by atoms with E-state index in [-0.39, 0.29) is 0 Å². The Hall–Kier alpha value is -0.260. The average molecular weight is 222 g/mol. The van der Waals surface area contributed by atoms with Gasteiger partial charge < -0.3 is 0 Å². The van der Waals surface area contributed by atoms with Crippen LogP contribution < -0.4 is 0 Å². The van der Waals surface area contributed by atoms with Crippen molar-refractivity contribution in [2.45, 2.75) is 78.1 Å². The molecule has 2 unspecified atom stereocenters. The molecule has 94 valence electrons. The third-order valence-corrected chi connectivity index (χ3v) is 3.97. The molecule has 0 spiro atoms. The van der Waals surface area contributed by atoms with Gasteiger partial charge in [0.15, 0.2) is 0 Å². The second-order valence-electron chi connectivity index (χ2n) is 5.64. The van der Waals surface area contributed by atoms with Gasteiger partial charge in [-0.2, -0.15) is 0 Å². The van der Waals surface area contributed by atoms with Crippen LogP contribution in [-0.4, -0.2) is 0 Å². The summed E-state index contributed by atoms with van der Waals surface area (Å²) in [5.41, 5.74) is 1.49. The van der Waals surface area contributed by atoms with E-state index in [9.17, 15) is 0 Å². The Morgan fingerprint density at radius 1 is 0.938 bits per heavy atom. The standard InChI is InChI=1S/C16H30/c1-4-6-7-8-10-15-13-16(15)12-11-14(3)9-5-2/h15-16H,3-13H2,1-2H3. The summed E-state index contributed by atoms with van der Waals surface area (Å²) in [5.74, 6) is 2.15. The lowest BCUT2D eigenvalue weighted by atomic mass is 10.0. The third kappa shape index (κ3) is 5.72. The van der Waals surface area contributed by atoms with Crippen LogP contribution in [0.5, 0.6) is 0 Å². The first-order valence-corrected chi connectivity index (χ1v) is 7.44. The fourth-order valence-electron chi connectivity index (χ4n) is 2.72. The van der Waals surface area contributed by atoms with Crippen molar-refractivity contribution < 1.29 is 0 Å². The number of allylic oxidation sites excluding steroid dienone is 1. The Labute approximate surface area is 103 Å². The SMILES string of the molecule is C=C(CCC)CCC1CC1CCCCCC. The highest BCUT2D eigenvalue weighted by Gasteiger charge is 2.35. The van der Waals surface area contributed by atoms with Gasteiger partial charge in [-0.05, 0) is 37.5 Å². The van der Waals surface area contributed by atoms with Crippen LogP contribution in [0.1, 0.15) is 78.1 Å². The van der Waals surface area contributed by atoms with E-state index in [1.807, 2.05) is 0 Å². The molecule has 1 aliphatic rings. The van der Waals surface area contributed by atoms with Gasteiger partial charge >= 0.3 is 0 Å². The Morgan fingerprint density at radius 2 is 1.69 bits per heavy atom. The second kappa shape index (κ2) is 7.92. The zero-order chi connectivity index (χ0) is 11.8. The Kier molecular flexibility index (Phi) is 6.84. The summed E-state index contributed by atoms with van der Waals surface area (Å²) < 4.78 is 0. The Bertz CT molecular complexity index is 192. The molecule has 0 aliphatic heterocycles. The molecule has 1 saturated carbocycles. The summed E-state index contributed by atoms with van der Waals surface area (Å²) in [6.07, 6.45) is 14.0. The fourth-order valence-corrected chi connectivity index (χ4v) is 2.72. The molecule has 0 heterocycles. The van der Waals surface area contributed by atoms with Crippen molar-refractivity contribution in [2.24, 2.45) is 11.8 Å². The van der Waals surface area contributed by atoms with Crippen LogP contribution in [0.3, 0.4) is 0 Å². The zero-order valence-electron chi connectivity index (χ0n) is 11.4. The van der Waals surface area contributed by atoms with Crippen LogP contribution in [-0.2, 0) is 0 Å². The predicted octanol–water partition coefficient (Wildman–Crippen LogP) is 5.73. The van der Waals surface area contributed by atoms with Gasteiger partial charge in [0.1, 0.15) is 0 Å². The summed E-state index contributed by atoms with van der Waals surface area (Å²) in [4.78, 5) is 0.